The van der Waals surface area contributed by atoms with E-state index >= 15 is 0 Å². The fourth-order valence-corrected chi connectivity index (χ4v) is 2.36. The first-order valence-electron chi connectivity index (χ1n) is 6.43. The Bertz CT molecular complexity index is 266. The molecule has 0 aromatic heterocycles. The summed E-state index contributed by atoms with van der Waals surface area (Å²) >= 11 is 0. The SMILES string of the molecule is O=C(CCCCCCCCCCP(=O)(O)O)NO. The molecule has 0 aliphatic rings. The van der Waals surface area contributed by atoms with E-state index in [1.807, 2.05) is 0 Å². The maximum absolute atomic E-state index is 10.7. The molecule has 0 aromatic rings. The lowest BCUT2D eigenvalue weighted by molar-refractivity contribution is -0.129. The second kappa shape index (κ2) is 10.5. The normalized spacial score (nSPS) is 11.5. The molecule has 0 aliphatic carbocycles. The lowest BCUT2D eigenvalue weighted by atomic mass is 10.1. The summed E-state index contributed by atoms with van der Waals surface area (Å²) in [4.78, 5) is 28.0. The Kier molecular flexibility index (Phi) is 10.3. The zero-order valence-electron chi connectivity index (χ0n) is 10.7. The van der Waals surface area contributed by atoms with Crippen LogP contribution in [-0.4, -0.2) is 27.1 Å². The molecule has 18 heavy (non-hydrogen) atoms. The van der Waals surface area contributed by atoms with E-state index < -0.39 is 7.60 Å². The van der Waals surface area contributed by atoms with Crippen LogP contribution in [0.3, 0.4) is 0 Å². The Labute approximate surface area is 108 Å². The van der Waals surface area contributed by atoms with E-state index in [2.05, 4.69) is 0 Å². The van der Waals surface area contributed by atoms with Crippen molar-refractivity contribution in [2.24, 2.45) is 0 Å². The molecule has 0 bridgehead atoms. The van der Waals surface area contributed by atoms with Crippen molar-refractivity contribution in [2.45, 2.75) is 57.8 Å². The van der Waals surface area contributed by atoms with Gasteiger partial charge in [0, 0.05) is 12.6 Å². The second-order valence-corrected chi connectivity index (χ2v) is 6.28. The van der Waals surface area contributed by atoms with Gasteiger partial charge in [0.25, 0.3) is 0 Å². The molecular weight excluding hydrogens is 257 g/mol. The highest BCUT2D eigenvalue weighted by Crippen LogP contribution is 2.35. The highest BCUT2D eigenvalue weighted by atomic mass is 31.2. The summed E-state index contributed by atoms with van der Waals surface area (Å²) in [6, 6.07) is 0. The summed E-state index contributed by atoms with van der Waals surface area (Å²) in [5.74, 6) is -0.340. The number of hydroxylamine groups is 1. The molecule has 1 amide bonds. The van der Waals surface area contributed by atoms with E-state index in [0.29, 0.717) is 12.8 Å². The number of carbonyl (C=O) groups excluding carboxylic acids is 1. The zero-order valence-corrected chi connectivity index (χ0v) is 11.6. The summed E-state index contributed by atoms with van der Waals surface area (Å²) in [7, 11) is -3.81. The predicted octanol–water partition coefficient (Wildman–Crippen LogP) is 2.18. The van der Waals surface area contributed by atoms with Gasteiger partial charge < -0.3 is 9.79 Å². The second-order valence-electron chi connectivity index (χ2n) is 4.50. The standard InChI is InChI=1S/C11H24NO5P/c13-11(12-14)9-7-5-3-1-2-4-6-8-10-18(15,16)17/h14H,1-10H2,(H,12,13)(H2,15,16,17). The van der Waals surface area contributed by atoms with Gasteiger partial charge in [0.05, 0.1) is 0 Å². The summed E-state index contributed by atoms with van der Waals surface area (Å²) in [5, 5.41) is 8.26. The first kappa shape index (κ1) is 17.6. The molecule has 0 aromatic carbocycles. The van der Waals surface area contributed by atoms with Gasteiger partial charge in [-0.15, -0.1) is 0 Å². The molecule has 0 atom stereocenters. The van der Waals surface area contributed by atoms with Gasteiger partial charge in [-0.3, -0.25) is 14.6 Å². The van der Waals surface area contributed by atoms with Gasteiger partial charge in [-0.2, -0.15) is 0 Å². The summed E-state index contributed by atoms with van der Waals surface area (Å²) in [6.07, 6.45) is 7.74. The fraction of sp³-hybridized carbons (Fsp3) is 0.909. The van der Waals surface area contributed by atoms with Crippen LogP contribution >= 0.6 is 7.60 Å². The van der Waals surface area contributed by atoms with Crippen LogP contribution in [0.1, 0.15) is 57.8 Å². The molecule has 0 spiro atoms. The number of rotatable bonds is 11. The van der Waals surface area contributed by atoms with Crippen molar-refractivity contribution in [1.29, 1.82) is 0 Å². The number of unbranched alkanes of at least 4 members (excludes halogenated alkanes) is 7. The van der Waals surface area contributed by atoms with Crippen molar-refractivity contribution in [3.05, 3.63) is 0 Å². The topological polar surface area (TPSA) is 107 Å². The van der Waals surface area contributed by atoms with Crippen molar-refractivity contribution in [1.82, 2.24) is 5.48 Å². The molecule has 0 saturated carbocycles. The minimum atomic E-state index is -3.81. The summed E-state index contributed by atoms with van der Waals surface area (Å²) in [6.45, 7) is 0. The lowest BCUT2D eigenvalue weighted by Crippen LogP contribution is -2.17. The molecule has 6 nitrogen and oxygen atoms in total. The molecule has 0 saturated heterocycles. The van der Waals surface area contributed by atoms with Crippen molar-refractivity contribution in [2.75, 3.05) is 6.16 Å². The molecule has 0 fully saturated rings. The number of hydrogen-bond acceptors (Lipinski definition) is 3. The molecule has 0 unspecified atom stereocenters. The Morgan fingerprint density at radius 3 is 1.78 bits per heavy atom. The lowest BCUT2D eigenvalue weighted by Gasteiger charge is -2.04. The van der Waals surface area contributed by atoms with Crippen LogP contribution < -0.4 is 5.48 Å². The molecule has 0 heterocycles. The van der Waals surface area contributed by atoms with E-state index in [1.54, 1.807) is 5.48 Å². The monoisotopic (exact) mass is 281 g/mol. The van der Waals surface area contributed by atoms with Crippen LogP contribution in [0.2, 0.25) is 0 Å². The van der Waals surface area contributed by atoms with Crippen LogP contribution in [0.5, 0.6) is 0 Å². The van der Waals surface area contributed by atoms with Crippen LogP contribution in [0.25, 0.3) is 0 Å². The first-order valence-corrected chi connectivity index (χ1v) is 8.23. The third kappa shape index (κ3) is 13.6. The van der Waals surface area contributed by atoms with Gasteiger partial charge in [0.15, 0.2) is 0 Å². The third-order valence-corrected chi connectivity index (χ3v) is 3.63. The van der Waals surface area contributed by atoms with Gasteiger partial charge in [-0.1, -0.05) is 38.5 Å². The smallest absolute Gasteiger partial charge is 0.324 e. The maximum atomic E-state index is 10.7. The van der Waals surface area contributed by atoms with Crippen LogP contribution in [0.4, 0.5) is 0 Å². The molecular formula is C11H24NO5P. The Hall–Kier alpha value is -0.420. The average Bonchev–Trinajstić information content (AvgIpc) is 2.29. The van der Waals surface area contributed by atoms with Gasteiger partial charge in [-0.05, 0) is 12.8 Å². The van der Waals surface area contributed by atoms with E-state index in [9.17, 15) is 9.36 Å². The maximum Gasteiger partial charge on any atom is 0.325 e. The van der Waals surface area contributed by atoms with Crippen molar-refractivity contribution >= 4 is 13.5 Å². The van der Waals surface area contributed by atoms with Gasteiger partial charge in [0.1, 0.15) is 0 Å². The van der Waals surface area contributed by atoms with Gasteiger partial charge in [-0.25, -0.2) is 5.48 Å². The van der Waals surface area contributed by atoms with Gasteiger partial charge >= 0.3 is 7.60 Å². The summed E-state index contributed by atoms with van der Waals surface area (Å²) in [5.41, 5.74) is 1.60. The fourth-order valence-electron chi connectivity index (χ4n) is 1.72. The Morgan fingerprint density at radius 1 is 0.889 bits per heavy atom. The number of hydrogen-bond donors (Lipinski definition) is 4. The average molecular weight is 281 g/mol. The zero-order chi connectivity index (χ0) is 13.9. The van der Waals surface area contributed by atoms with Crippen molar-refractivity contribution in [3.8, 4) is 0 Å². The first-order chi connectivity index (χ1) is 8.45. The van der Waals surface area contributed by atoms with Crippen LogP contribution in [0, 0.1) is 0 Å². The summed E-state index contributed by atoms with van der Waals surface area (Å²) < 4.78 is 10.6. The minimum Gasteiger partial charge on any atom is -0.324 e. The molecule has 0 rings (SSSR count). The number of nitrogens with one attached hydrogen (secondary N) is 1. The Balaban J connectivity index is 3.12. The molecule has 4 N–H and O–H groups in total. The number of carbonyl (C=O) groups is 1. The van der Waals surface area contributed by atoms with Crippen LogP contribution in [0.15, 0.2) is 0 Å². The van der Waals surface area contributed by atoms with E-state index in [4.69, 9.17) is 15.0 Å². The van der Waals surface area contributed by atoms with Gasteiger partial charge in [0.2, 0.25) is 5.91 Å². The van der Waals surface area contributed by atoms with Crippen LogP contribution in [-0.2, 0) is 9.36 Å². The quantitative estimate of drug-likeness (QED) is 0.201. The molecule has 0 radical (unpaired) electrons. The van der Waals surface area contributed by atoms with E-state index in [-0.39, 0.29) is 12.1 Å². The predicted molar refractivity (Wildman–Crippen MR) is 68.4 cm³/mol. The van der Waals surface area contributed by atoms with Crippen molar-refractivity contribution in [3.63, 3.8) is 0 Å². The highest BCUT2D eigenvalue weighted by molar-refractivity contribution is 7.51. The largest absolute Gasteiger partial charge is 0.325 e. The van der Waals surface area contributed by atoms with Crippen molar-refractivity contribution < 1.29 is 24.4 Å². The van der Waals surface area contributed by atoms with E-state index in [0.717, 1.165) is 44.9 Å². The molecule has 0 aliphatic heterocycles. The molecule has 108 valence electrons. The number of amides is 1. The minimum absolute atomic E-state index is 0.0106. The molecule has 7 heteroatoms. The third-order valence-electron chi connectivity index (χ3n) is 2.73. The van der Waals surface area contributed by atoms with E-state index in [1.165, 1.54) is 0 Å². The highest BCUT2D eigenvalue weighted by Gasteiger charge is 2.10. The Morgan fingerprint density at radius 2 is 1.33 bits per heavy atom.